The maximum atomic E-state index is 13.1. The molecule has 0 saturated heterocycles. The van der Waals surface area contributed by atoms with E-state index in [9.17, 15) is 14.3 Å². The van der Waals surface area contributed by atoms with Crippen molar-refractivity contribution >= 4 is 23.4 Å². The van der Waals surface area contributed by atoms with Crippen LogP contribution in [0.1, 0.15) is 45.2 Å². The van der Waals surface area contributed by atoms with Crippen molar-refractivity contribution in [3.05, 3.63) is 53.6 Å². The van der Waals surface area contributed by atoms with Gasteiger partial charge in [-0.1, -0.05) is 20.8 Å². The molecular weight excluding hydrogens is 415 g/mol. The van der Waals surface area contributed by atoms with Crippen LogP contribution in [0.2, 0.25) is 0 Å². The Balaban J connectivity index is 1.73. The van der Waals surface area contributed by atoms with Crippen molar-refractivity contribution in [3.63, 3.8) is 0 Å². The number of nitrogens with one attached hydrogen (secondary N) is 1. The summed E-state index contributed by atoms with van der Waals surface area (Å²) in [6.45, 7) is 8.20. The molecule has 0 aliphatic carbocycles. The quantitative estimate of drug-likeness (QED) is 0.628. The van der Waals surface area contributed by atoms with E-state index in [0.29, 0.717) is 29.7 Å². The summed E-state index contributed by atoms with van der Waals surface area (Å²) in [5.74, 6) is 0.659. The Hall–Kier alpha value is -3.53. The number of anilines is 3. The van der Waals surface area contributed by atoms with E-state index in [-0.39, 0.29) is 23.7 Å². The van der Waals surface area contributed by atoms with Crippen molar-refractivity contribution in [1.29, 1.82) is 0 Å². The standard InChI is InChI=1S/C22H25FN6O3/c1-5-32-18-9-7-14-20(26-18)28(12-17(30)25-16-8-6-13(23)11-24-16)19-10-15(22(2,3)4)27-29(19)21(14)31/h6-11,21,31H,5,12H2,1-4H3,(H,24,25,30). The maximum Gasteiger partial charge on any atom is 0.245 e. The normalized spacial score (nSPS) is 15.2. The Morgan fingerprint density at radius 3 is 2.72 bits per heavy atom. The molecule has 0 saturated carbocycles. The van der Waals surface area contributed by atoms with Crippen molar-refractivity contribution in [2.45, 2.75) is 39.3 Å². The summed E-state index contributed by atoms with van der Waals surface area (Å²) in [6, 6.07) is 7.83. The summed E-state index contributed by atoms with van der Waals surface area (Å²) >= 11 is 0. The third kappa shape index (κ3) is 4.13. The summed E-state index contributed by atoms with van der Waals surface area (Å²) in [6.07, 6.45) is -0.0275. The van der Waals surface area contributed by atoms with Crippen LogP contribution in [0.3, 0.4) is 0 Å². The number of halogens is 1. The van der Waals surface area contributed by atoms with Gasteiger partial charge in [-0.3, -0.25) is 4.79 Å². The van der Waals surface area contributed by atoms with Crippen LogP contribution >= 0.6 is 0 Å². The summed E-state index contributed by atoms with van der Waals surface area (Å²) in [5, 5.41) is 18.2. The van der Waals surface area contributed by atoms with Crippen LogP contribution in [0.25, 0.3) is 0 Å². The summed E-state index contributed by atoms with van der Waals surface area (Å²) in [7, 11) is 0. The Morgan fingerprint density at radius 1 is 1.28 bits per heavy atom. The fourth-order valence-electron chi connectivity index (χ4n) is 3.39. The molecule has 4 heterocycles. The predicted molar refractivity (Wildman–Crippen MR) is 117 cm³/mol. The molecular formula is C22H25FN6O3. The van der Waals surface area contributed by atoms with E-state index in [1.165, 1.54) is 16.8 Å². The lowest BCUT2D eigenvalue weighted by molar-refractivity contribution is -0.114. The first-order valence-corrected chi connectivity index (χ1v) is 10.3. The first-order chi connectivity index (χ1) is 15.2. The third-order valence-corrected chi connectivity index (χ3v) is 5.00. The minimum absolute atomic E-state index is 0.128. The molecule has 32 heavy (non-hydrogen) atoms. The molecule has 3 aromatic heterocycles. The average molecular weight is 440 g/mol. The molecule has 0 spiro atoms. The number of carbonyl (C=O) groups excluding carboxylic acids is 1. The monoisotopic (exact) mass is 440 g/mol. The van der Waals surface area contributed by atoms with E-state index in [1.54, 1.807) is 17.0 Å². The van der Waals surface area contributed by atoms with Gasteiger partial charge in [0.25, 0.3) is 0 Å². The highest BCUT2D eigenvalue weighted by Gasteiger charge is 2.35. The highest BCUT2D eigenvalue weighted by molar-refractivity contribution is 5.94. The van der Waals surface area contributed by atoms with E-state index >= 15 is 0 Å². The van der Waals surface area contributed by atoms with E-state index < -0.39 is 12.0 Å². The SMILES string of the molecule is CCOc1ccc2c(n1)N(CC(=O)Nc1ccc(F)cn1)c1cc(C(C)(C)C)nn1C2O. The molecule has 1 aliphatic heterocycles. The highest BCUT2D eigenvalue weighted by Crippen LogP contribution is 2.41. The number of pyridine rings is 2. The fraction of sp³-hybridized carbons (Fsp3) is 0.364. The lowest BCUT2D eigenvalue weighted by Crippen LogP contribution is -2.36. The van der Waals surface area contributed by atoms with Gasteiger partial charge in [-0.25, -0.2) is 14.1 Å². The minimum Gasteiger partial charge on any atom is -0.478 e. The van der Waals surface area contributed by atoms with Gasteiger partial charge >= 0.3 is 0 Å². The Morgan fingerprint density at radius 2 is 2.06 bits per heavy atom. The molecule has 1 unspecified atom stereocenters. The van der Waals surface area contributed by atoms with Gasteiger partial charge in [0, 0.05) is 23.1 Å². The third-order valence-electron chi connectivity index (χ3n) is 5.00. The zero-order valence-corrected chi connectivity index (χ0v) is 18.3. The summed E-state index contributed by atoms with van der Waals surface area (Å²) < 4.78 is 20.1. The van der Waals surface area contributed by atoms with Gasteiger partial charge < -0.3 is 20.1 Å². The first-order valence-electron chi connectivity index (χ1n) is 10.3. The number of aliphatic hydroxyl groups is 1. The first kappa shape index (κ1) is 21.7. The van der Waals surface area contributed by atoms with Crippen LogP contribution in [0, 0.1) is 5.82 Å². The van der Waals surface area contributed by atoms with Crippen LogP contribution in [-0.2, 0) is 10.2 Å². The van der Waals surface area contributed by atoms with E-state index in [1.807, 2.05) is 33.8 Å². The number of hydrogen-bond acceptors (Lipinski definition) is 7. The second kappa shape index (κ2) is 8.19. The maximum absolute atomic E-state index is 13.1. The van der Waals surface area contributed by atoms with Gasteiger partial charge in [0.1, 0.15) is 29.8 Å². The Labute approximate surface area is 184 Å². The van der Waals surface area contributed by atoms with Gasteiger partial charge in [0.2, 0.25) is 11.8 Å². The number of nitrogens with zero attached hydrogens (tertiary/aromatic N) is 5. The number of rotatable bonds is 5. The van der Waals surface area contributed by atoms with E-state index in [2.05, 4.69) is 20.4 Å². The minimum atomic E-state index is -1.06. The van der Waals surface area contributed by atoms with Crippen LogP contribution < -0.4 is 15.0 Å². The van der Waals surface area contributed by atoms with Crippen LogP contribution in [0.5, 0.6) is 5.88 Å². The van der Waals surface area contributed by atoms with Crippen molar-refractivity contribution in [2.75, 3.05) is 23.4 Å². The zero-order chi connectivity index (χ0) is 23.0. The Kier molecular flexibility index (Phi) is 5.55. The van der Waals surface area contributed by atoms with Crippen LogP contribution in [0.4, 0.5) is 21.8 Å². The molecule has 4 rings (SSSR count). The number of aliphatic hydroxyl groups excluding tert-OH is 1. The number of amides is 1. The lowest BCUT2D eigenvalue weighted by atomic mass is 9.92. The number of ether oxygens (including phenoxy) is 1. The smallest absolute Gasteiger partial charge is 0.245 e. The molecule has 1 amide bonds. The number of hydrogen-bond donors (Lipinski definition) is 2. The molecule has 1 aliphatic rings. The second-order valence-corrected chi connectivity index (χ2v) is 8.45. The van der Waals surface area contributed by atoms with Gasteiger partial charge in [-0.2, -0.15) is 10.1 Å². The highest BCUT2D eigenvalue weighted by atomic mass is 19.1. The Bertz CT molecular complexity index is 1140. The topological polar surface area (TPSA) is 105 Å². The van der Waals surface area contributed by atoms with E-state index in [0.717, 1.165) is 11.9 Å². The molecule has 168 valence electrons. The van der Waals surface area contributed by atoms with Gasteiger partial charge in [0.05, 0.1) is 18.5 Å². The van der Waals surface area contributed by atoms with E-state index in [4.69, 9.17) is 4.74 Å². The molecule has 9 nitrogen and oxygen atoms in total. The molecule has 0 bridgehead atoms. The number of aromatic nitrogens is 4. The van der Waals surface area contributed by atoms with Crippen molar-refractivity contribution in [1.82, 2.24) is 19.7 Å². The van der Waals surface area contributed by atoms with Crippen LogP contribution in [0.15, 0.2) is 36.5 Å². The second-order valence-electron chi connectivity index (χ2n) is 8.45. The summed E-state index contributed by atoms with van der Waals surface area (Å²) in [4.78, 5) is 22.9. The number of carbonyl (C=O) groups is 1. The summed E-state index contributed by atoms with van der Waals surface area (Å²) in [5.41, 5.74) is 0.985. The molecule has 1 atom stereocenters. The molecule has 0 aromatic carbocycles. The molecule has 0 radical (unpaired) electrons. The van der Waals surface area contributed by atoms with Gasteiger partial charge in [-0.15, -0.1) is 0 Å². The largest absolute Gasteiger partial charge is 0.478 e. The molecule has 2 N–H and O–H groups in total. The van der Waals surface area contributed by atoms with Crippen molar-refractivity contribution in [2.24, 2.45) is 0 Å². The predicted octanol–water partition coefficient (Wildman–Crippen LogP) is 3.14. The lowest BCUT2D eigenvalue weighted by Gasteiger charge is -2.32. The molecule has 10 heteroatoms. The molecule has 3 aromatic rings. The van der Waals surface area contributed by atoms with Crippen molar-refractivity contribution in [3.8, 4) is 5.88 Å². The zero-order valence-electron chi connectivity index (χ0n) is 18.3. The average Bonchev–Trinajstić information content (AvgIpc) is 3.19. The molecule has 0 fully saturated rings. The number of fused-ring (bicyclic) bond motifs is 2. The fourth-order valence-corrected chi connectivity index (χ4v) is 3.39. The van der Waals surface area contributed by atoms with Gasteiger partial charge in [-0.05, 0) is 25.1 Å². The van der Waals surface area contributed by atoms with Gasteiger partial charge in [0.15, 0.2) is 6.23 Å². The van der Waals surface area contributed by atoms with Crippen LogP contribution in [-0.4, -0.2) is 43.9 Å². The van der Waals surface area contributed by atoms with Crippen molar-refractivity contribution < 1.29 is 19.0 Å².